The second kappa shape index (κ2) is 14.4. The zero-order valence-corrected chi connectivity index (χ0v) is 23.9. The molecule has 0 aliphatic heterocycles. The Kier molecular flexibility index (Phi) is 12.0. The molecule has 0 aliphatic carbocycles. The average Bonchev–Trinajstić information content (AvgIpc) is 2.87. The average molecular weight is 663 g/mol. The minimum absolute atomic E-state index is 0. The fraction of sp³-hybridized carbons (Fsp3) is 0.161. The third kappa shape index (κ3) is 9.01. The first-order valence-electron chi connectivity index (χ1n) is 11.2. The van der Waals surface area contributed by atoms with Gasteiger partial charge in [-0.1, -0.05) is 142 Å². The van der Waals surface area contributed by atoms with Crippen LogP contribution in [-0.2, 0) is 22.4 Å². The quantitative estimate of drug-likeness (QED) is 0.0920. The molecule has 0 bridgehead atoms. The van der Waals surface area contributed by atoms with Crippen molar-refractivity contribution in [2.45, 2.75) is 20.8 Å². The van der Waals surface area contributed by atoms with Gasteiger partial charge in [0.15, 0.2) is 0 Å². The summed E-state index contributed by atoms with van der Waals surface area (Å²) in [6.07, 6.45) is 6.60. The minimum atomic E-state index is -0.409. The van der Waals surface area contributed by atoms with E-state index in [9.17, 15) is 0 Å². The Bertz CT molecular complexity index is 956. The van der Waals surface area contributed by atoms with Gasteiger partial charge in [0.1, 0.15) is 0 Å². The van der Waals surface area contributed by atoms with Crippen molar-refractivity contribution in [3.05, 3.63) is 128 Å². The summed E-state index contributed by atoms with van der Waals surface area (Å²) >= 11 is 0. The molecule has 0 unspecified atom stereocenters. The second-order valence-electron chi connectivity index (χ2n) is 8.71. The zero-order valence-electron chi connectivity index (χ0n) is 20.0. The molecule has 0 amide bonds. The normalized spacial score (nSPS) is 10.6. The third-order valence-electron chi connectivity index (χ3n) is 4.93. The molecule has 0 fully saturated rings. The molecule has 0 atom stereocenters. The fourth-order valence-corrected chi connectivity index (χ4v) is 9.67. The van der Waals surface area contributed by atoms with Crippen molar-refractivity contribution in [3.8, 4) is 5.92 Å². The van der Waals surface area contributed by atoms with Crippen LogP contribution >= 0.6 is 15.8 Å². The van der Waals surface area contributed by atoms with Gasteiger partial charge in [-0.25, -0.2) is 0 Å². The molecule has 0 saturated heterocycles. The first-order valence-corrected chi connectivity index (χ1v) is 14.2. The molecule has 4 rings (SSSR count). The standard InChI is InChI=1S/C25H22P2.C6H9.Au/c1-5-13-22(14-6-1)26(23-15-7-2-8-16-23)21-27(24-17-9-3-10-18-24)25-19-11-4-12-20-25;1-5-6(2,3)4;/h1-20H,21H2;2-4H3;/q;-1;+1. The van der Waals surface area contributed by atoms with E-state index in [1.807, 2.05) is 20.8 Å². The summed E-state index contributed by atoms with van der Waals surface area (Å²) in [5.41, 5.74) is -0.0417. The largest absolute Gasteiger partial charge is 1.00 e. The Morgan fingerprint density at radius 1 is 0.529 bits per heavy atom. The summed E-state index contributed by atoms with van der Waals surface area (Å²) in [6.45, 7) is 5.83. The van der Waals surface area contributed by atoms with Crippen LogP contribution in [0.15, 0.2) is 121 Å². The number of hydrogen-bond acceptors (Lipinski definition) is 0. The van der Waals surface area contributed by atoms with Gasteiger partial charge in [-0.05, 0) is 42.5 Å². The van der Waals surface area contributed by atoms with E-state index in [1.165, 1.54) is 27.1 Å². The summed E-state index contributed by atoms with van der Waals surface area (Å²) in [5.74, 6) is 3.53. The van der Waals surface area contributed by atoms with Crippen molar-refractivity contribution >= 4 is 37.1 Å². The molecule has 176 valence electrons. The van der Waals surface area contributed by atoms with E-state index in [4.69, 9.17) is 6.42 Å². The van der Waals surface area contributed by atoms with Gasteiger partial charge in [0.25, 0.3) is 0 Å². The number of benzene rings is 4. The molecular formula is C31H31AuP2. The molecule has 0 aliphatic rings. The molecule has 0 heterocycles. The van der Waals surface area contributed by atoms with Crippen molar-refractivity contribution in [3.63, 3.8) is 0 Å². The smallest absolute Gasteiger partial charge is 0.693 e. The van der Waals surface area contributed by atoms with Crippen LogP contribution in [0.25, 0.3) is 0 Å². The summed E-state index contributed by atoms with van der Waals surface area (Å²) < 4.78 is 0. The molecule has 0 saturated carbocycles. The number of rotatable bonds is 6. The van der Waals surface area contributed by atoms with Crippen LogP contribution in [0.5, 0.6) is 0 Å². The second-order valence-corrected chi connectivity index (χ2v) is 13.6. The predicted octanol–water partition coefficient (Wildman–Crippen LogP) is 6.83. The van der Waals surface area contributed by atoms with Crippen molar-refractivity contribution in [1.29, 1.82) is 0 Å². The van der Waals surface area contributed by atoms with E-state index in [-0.39, 0.29) is 27.8 Å². The van der Waals surface area contributed by atoms with Crippen LogP contribution in [0.3, 0.4) is 0 Å². The van der Waals surface area contributed by atoms with Gasteiger partial charge in [-0.3, -0.25) is 0 Å². The van der Waals surface area contributed by atoms with Gasteiger partial charge in [0.05, 0.1) is 0 Å². The molecular weight excluding hydrogens is 631 g/mol. The zero-order chi connectivity index (χ0) is 23.5. The van der Waals surface area contributed by atoms with Crippen molar-refractivity contribution in [1.82, 2.24) is 0 Å². The predicted molar refractivity (Wildman–Crippen MR) is 150 cm³/mol. The maximum absolute atomic E-state index is 6.60. The molecule has 0 nitrogen and oxygen atoms in total. The summed E-state index contributed by atoms with van der Waals surface area (Å²) in [6, 6.07) is 44.1. The van der Waals surface area contributed by atoms with Crippen LogP contribution in [0, 0.1) is 17.8 Å². The Morgan fingerprint density at radius 2 is 0.735 bits per heavy atom. The van der Waals surface area contributed by atoms with E-state index >= 15 is 0 Å². The van der Waals surface area contributed by atoms with Crippen molar-refractivity contribution < 1.29 is 22.4 Å². The molecule has 0 spiro atoms. The van der Waals surface area contributed by atoms with Crippen LogP contribution in [0.4, 0.5) is 0 Å². The van der Waals surface area contributed by atoms with Crippen LogP contribution in [0.1, 0.15) is 20.8 Å². The van der Waals surface area contributed by atoms with Gasteiger partial charge >= 0.3 is 22.4 Å². The molecule has 0 N–H and O–H groups in total. The Balaban J connectivity index is 0.000000521. The molecule has 34 heavy (non-hydrogen) atoms. The summed E-state index contributed by atoms with van der Waals surface area (Å²) in [4.78, 5) is 0. The SMILES string of the molecule is [Au+].[C-]#CC(C)(C)C.c1ccc(P(CP(c2ccccc2)c2ccccc2)c2ccccc2)cc1. The molecule has 4 aromatic rings. The molecule has 4 aromatic carbocycles. The first kappa shape index (κ1) is 28.3. The molecule has 0 aromatic heterocycles. The Labute approximate surface area is 224 Å². The van der Waals surface area contributed by atoms with Gasteiger partial charge < -0.3 is 12.3 Å². The Hall–Kier alpha value is -1.96. The summed E-state index contributed by atoms with van der Waals surface area (Å²) in [5, 5.41) is 5.83. The fourth-order valence-electron chi connectivity index (χ4n) is 3.20. The maximum Gasteiger partial charge on any atom is 1.00 e. The van der Waals surface area contributed by atoms with E-state index in [0.717, 1.165) is 0 Å². The first-order chi connectivity index (χ1) is 16.0. The third-order valence-corrected chi connectivity index (χ3v) is 10.9. The van der Waals surface area contributed by atoms with Gasteiger partial charge in [0, 0.05) is 5.90 Å². The van der Waals surface area contributed by atoms with Crippen LogP contribution < -0.4 is 21.2 Å². The van der Waals surface area contributed by atoms with E-state index in [0.29, 0.717) is 0 Å². The van der Waals surface area contributed by atoms with Crippen LogP contribution in [0.2, 0.25) is 0 Å². The molecule has 0 radical (unpaired) electrons. The topological polar surface area (TPSA) is 0 Å². The van der Waals surface area contributed by atoms with Gasteiger partial charge in [0.2, 0.25) is 0 Å². The van der Waals surface area contributed by atoms with Crippen molar-refractivity contribution in [2.24, 2.45) is 5.41 Å². The van der Waals surface area contributed by atoms with Gasteiger partial charge in [-0.2, -0.15) is 0 Å². The van der Waals surface area contributed by atoms with Gasteiger partial charge in [-0.15, -0.1) is 0 Å². The van der Waals surface area contributed by atoms with E-state index in [2.05, 4.69) is 127 Å². The summed E-state index contributed by atoms with van der Waals surface area (Å²) in [7, 11) is -0.817. The monoisotopic (exact) mass is 662 g/mol. The van der Waals surface area contributed by atoms with E-state index < -0.39 is 15.8 Å². The molecule has 3 heteroatoms. The minimum Gasteiger partial charge on any atom is -0.693 e. The van der Waals surface area contributed by atoms with Crippen LogP contribution in [-0.4, -0.2) is 5.90 Å². The number of hydrogen-bond donors (Lipinski definition) is 0. The maximum atomic E-state index is 6.60. The van der Waals surface area contributed by atoms with E-state index in [1.54, 1.807) is 0 Å². The Morgan fingerprint density at radius 3 is 0.912 bits per heavy atom. The van der Waals surface area contributed by atoms with Crippen molar-refractivity contribution in [2.75, 3.05) is 5.90 Å².